The fourth-order valence-electron chi connectivity index (χ4n) is 2.43. The van der Waals surface area contributed by atoms with Crippen LogP contribution in [0.1, 0.15) is 16.7 Å². The number of hydrogen-bond acceptors (Lipinski definition) is 6. The van der Waals surface area contributed by atoms with Gasteiger partial charge in [-0.05, 0) is 35.3 Å². The third kappa shape index (κ3) is 4.09. The van der Waals surface area contributed by atoms with Gasteiger partial charge in [0.25, 0.3) is 5.90 Å². The van der Waals surface area contributed by atoms with E-state index in [1.807, 2.05) is 42.5 Å². The van der Waals surface area contributed by atoms with E-state index in [4.69, 9.17) is 19.1 Å². The van der Waals surface area contributed by atoms with Gasteiger partial charge in [0, 0.05) is 0 Å². The highest BCUT2D eigenvalue weighted by atomic mass is 16.7. The minimum Gasteiger partial charge on any atom is -0.488 e. The Morgan fingerprint density at radius 2 is 1.92 bits per heavy atom. The molecule has 1 aliphatic rings. The van der Waals surface area contributed by atoms with Gasteiger partial charge >= 0.3 is 0 Å². The standard InChI is InChI=1S/C19H20N2O4/c1-14-7-3-4-8-15(14)13-24-17-10-6-5-9-16(17)18(20-22-2)19-21-25-12-11-23-19/h3-10H,11-13H2,1-2H3. The molecule has 130 valence electrons. The maximum Gasteiger partial charge on any atom is 0.280 e. The summed E-state index contributed by atoms with van der Waals surface area (Å²) in [6, 6.07) is 15.7. The van der Waals surface area contributed by atoms with Crippen molar-refractivity contribution in [3.63, 3.8) is 0 Å². The molecule has 25 heavy (non-hydrogen) atoms. The molecule has 0 N–H and O–H groups in total. The molecule has 6 heteroatoms. The topological polar surface area (TPSA) is 61.6 Å². The predicted molar refractivity (Wildman–Crippen MR) is 94.8 cm³/mol. The van der Waals surface area contributed by atoms with Crippen LogP contribution in [0.25, 0.3) is 0 Å². The molecule has 3 rings (SSSR count). The number of hydrogen-bond donors (Lipinski definition) is 0. The van der Waals surface area contributed by atoms with Gasteiger partial charge in [-0.25, -0.2) is 0 Å². The first-order chi connectivity index (χ1) is 12.3. The SMILES string of the molecule is CON=C(C1=NOCCO1)c1ccccc1OCc1ccccc1C. The zero-order valence-corrected chi connectivity index (χ0v) is 14.3. The second kappa shape index (κ2) is 8.19. The van der Waals surface area contributed by atoms with E-state index in [1.165, 1.54) is 12.7 Å². The first kappa shape index (κ1) is 16.8. The highest BCUT2D eigenvalue weighted by molar-refractivity contribution is 6.45. The normalized spacial score (nSPS) is 14.2. The van der Waals surface area contributed by atoms with E-state index in [0.717, 1.165) is 11.1 Å². The first-order valence-corrected chi connectivity index (χ1v) is 8.00. The lowest BCUT2D eigenvalue weighted by molar-refractivity contribution is 0.0672. The van der Waals surface area contributed by atoms with E-state index < -0.39 is 0 Å². The number of rotatable bonds is 6. The molecular formula is C19H20N2O4. The van der Waals surface area contributed by atoms with Crippen LogP contribution in [0.2, 0.25) is 0 Å². The monoisotopic (exact) mass is 340 g/mol. The fraction of sp³-hybridized carbons (Fsp3) is 0.263. The molecule has 0 spiro atoms. The summed E-state index contributed by atoms with van der Waals surface area (Å²) in [5.41, 5.74) is 3.46. The van der Waals surface area contributed by atoms with Crippen molar-refractivity contribution in [1.82, 2.24) is 0 Å². The fourth-order valence-corrected chi connectivity index (χ4v) is 2.43. The summed E-state index contributed by atoms with van der Waals surface area (Å²) in [5.74, 6) is 0.943. The molecule has 0 radical (unpaired) electrons. The van der Waals surface area contributed by atoms with Crippen molar-refractivity contribution in [3.8, 4) is 5.75 Å². The van der Waals surface area contributed by atoms with E-state index in [2.05, 4.69) is 23.3 Å². The van der Waals surface area contributed by atoms with Gasteiger partial charge in [-0.1, -0.05) is 41.6 Å². The van der Waals surface area contributed by atoms with Gasteiger partial charge in [-0.15, -0.1) is 0 Å². The Morgan fingerprint density at radius 1 is 1.12 bits per heavy atom. The molecular weight excluding hydrogens is 320 g/mol. The van der Waals surface area contributed by atoms with Gasteiger partial charge in [0.15, 0.2) is 12.3 Å². The molecule has 0 atom stereocenters. The molecule has 0 saturated heterocycles. The van der Waals surface area contributed by atoms with E-state index in [1.54, 1.807) is 0 Å². The largest absolute Gasteiger partial charge is 0.488 e. The molecule has 2 aromatic rings. The highest BCUT2D eigenvalue weighted by Crippen LogP contribution is 2.22. The molecule has 0 bridgehead atoms. The summed E-state index contributed by atoms with van der Waals surface area (Å²) >= 11 is 0. The summed E-state index contributed by atoms with van der Waals surface area (Å²) in [6.07, 6.45) is 0. The lowest BCUT2D eigenvalue weighted by Gasteiger charge is -2.17. The zero-order valence-electron chi connectivity index (χ0n) is 14.3. The van der Waals surface area contributed by atoms with Gasteiger partial charge in [-0.2, -0.15) is 0 Å². The van der Waals surface area contributed by atoms with Crippen LogP contribution in [0.3, 0.4) is 0 Å². The van der Waals surface area contributed by atoms with Crippen LogP contribution < -0.4 is 4.74 Å². The van der Waals surface area contributed by atoms with Gasteiger partial charge in [0.05, 0.1) is 5.56 Å². The van der Waals surface area contributed by atoms with Crippen molar-refractivity contribution in [2.45, 2.75) is 13.5 Å². The average molecular weight is 340 g/mol. The van der Waals surface area contributed by atoms with Crippen LogP contribution in [0.5, 0.6) is 5.75 Å². The third-order valence-electron chi connectivity index (χ3n) is 3.73. The summed E-state index contributed by atoms with van der Waals surface area (Å²) < 4.78 is 11.6. The number of oxime groups is 2. The maximum atomic E-state index is 6.03. The first-order valence-electron chi connectivity index (χ1n) is 8.00. The smallest absolute Gasteiger partial charge is 0.280 e. The molecule has 0 fully saturated rings. The minimum atomic E-state index is 0.278. The molecule has 2 aromatic carbocycles. The van der Waals surface area contributed by atoms with Gasteiger partial charge in [0.2, 0.25) is 0 Å². The van der Waals surface area contributed by atoms with Crippen molar-refractivity contribution < 1.29 is 19.1 Å². The van der Waals surface area contributed by atoms with E-state index >= 15 is 0 Å². The number of ether oxygens (including phenoxy) is 2. The maximum absolute atomic E-state index is 6.03. The second-order valence-corrected chi connectivity index (χ2v) is 5.41. The zero-order chi connectivity index (χ0) is 17.5. The van der Waals surface area contributed by atoms with Crippen molar-refractivity contribution in [3.05, 3.63) is 65.2 Å². The number of aryl methyl sites for hydroxylation is 1. The lowest BCUT2D eigenvalue weighted by Crippen LogP contribution is -2.26. The molecule has 0 saturated carbocycles. The van der Waals surface area contributed by atoms with Gasteiger partial charge in [-0.3, -0.25) is 0 Å². The number of para-hydroxylation sites is 1. The van der Waals surface area contributed by atoms with Crippen LogP contribution in [-0.2, 0) is 21.0 Å². The van der Waals surface area contributed by atoms with Crippen LogP contribution >= 0.6 is 0 Å². The van der Waals surface area contributed by atoms with Crippen molar-refractivity contribution in [1.29, 1.82) is 0 Å². The molecule has 0 aliphatic carbocycles. The molecule has 1 aliphatic heterocycles. The van der Waals surface area contributed by atoms with Crippen molar-refractivity contribution in [2.75, 3.05) is 20.3 Å². The molecule has 0 unspecified atom stereocenters. The van der Waals surface area contributed by atoms with Gasteiger partial charge < -0.3 is 19.1 Å². The van der Waals surface area contributed by atoms with Crippen LogP contribution in [-0.4, -0.2) is 31.9 Å². The van der Waals surface area contributed by atoms with Gasteiger partial charge in [0.1, 0.15) is 26.1 Å². The van der Waals surface area contributed by atoms with E-state index in [9.17, 15) is 0 Å². The van der Waals surface area contributed by atoms with Crippen molar-refractivity contribution >= 4 is 11.6 Å². The molecule has 6 nitrogen and oxygen atoms in total. The molecule has 1 heterocycles. The van der Waals surface area contributed by atoms with Crippen molar-refractivity contribution in [2.24, 2.45) is 10.3 Å². The summed E-state index contributed by atoms with van der Waals surface area (Å²) in [4.78, 5) is 10.1. The summed E-state index contributed by atoms with van der Waals surface area (Å²) in [5, 5.41) is 7.98. The quantitative estimate of drug-likeness (QED) is 0.598. The number of nitrogens with zero attached hydrogens (tertiary/aromatic N) is 2. The Bertz CT molecular complexity index is 786. The predicted octanol–water partition coefficient (Wildman–Crippen LogP) is 3.28. The van der Waals surface area contributed by atoms with E-state index in [-0.39, 0.29) is 5.90 Å². The Morgan fingerprint density at radius 3 is 2.68 bits per heavy atom. The van der Waals surface area contributed by atoms with Crippen LogP contribution in [0, 0.1) is 6.92 Å². The molecule has 0 aromatic heterocycles. The molecule has 0 amide bonds. The Balaban J connectivity index is 1.87. The Kier molecular flexibility index (Phi) is 5.51. The number of benzene rings is 2. The Hall–Kier alpha value is -3.02. The summed E-state index contributed by atoms with van der Waals surface area (Å²) in [7, 11) is 1.47. The lowest BCUT2D eigenvalue weighted by atomic mass is 10.1. The van der Waals surface area contributed by atoms with Crippen LogP contribution in [0.4, 0.5) is 0 Å². The average Bonchev–Trinajstić information content (AvgIpc) is 2.66. The highest BCUT2D eigenvalue weighted by Gasteiger charge is 2.22. The van der Waals surface area contributed by atoms with E-state index in [0.29, 0.717) is 31.3 Å². The second-order valence-electron chi connectivity index (χ2n) is 5.41. The minimum absolute atomic E-state index is 0.278. The Labute approximate surface area is 146 Å². The third-order valence-corrected chi connectivity index (χ3v) is 3.73. The van der Waals surface area contributed by atoms with Crippen LogP contribution in [0.15, 0.2) is 58.8 Å². The summed E-state index contributed by atoms with van der Waals surface area (Å²) in [6.45, 7) is 3.33.